The molecule has 0 aromatic rings. The van der Waals surface area contributed by atoms with Crippen molar-refractivity contribution in [3.63, 3.8) is 0 Å². The lowest BCUT2D eigenvalue weighted by Crippen LogP contribution is -2.58. The number of piperazine rings is 1. The molecule has 4 nitrogen and oxygen atoms in total. The lowest BCUT2D eigenvalue weighted by atomic mass is 10.4. The summed E-state index contributed by atoms with van der Waals surface area (Å²) >= 11 is 0. The molecule has 0 aromatic carbocycles. The Morgan fingerprint density at radius 3 is 2.75 bits per heavy atom. The minimum absolute atomic E-state index is 0.00347. The van der Waals surface area contributed by atoms with Crippen LogP contribution in [-0.4, -0.2) is 30.8 Å². The zero-order valence-corrected chi connectivity index (χ0v) is 4.80. The summed E-state index contributed by atoms with van der Waals surface area (Å²) in [7, 11) is 0. The molecule has 1 aliphatic rings. The van der Waals surface area contributed by atoms with Gasteiger partial charge in [0.1, 0.15) is 0 Å². The fraction of sp³-hybridized carbons (Fsp3) is 1.00. The fourth-order valence-electron chi connectivity index (χ4n) is 0.741. The molecule has 0 bridgehead atoms. The molecule has 0 amide bonds. The zero-order valence-electron chi connectivity index (χ0n) is 4.80. The lowest BCUT2D eigenvalue weighted by Gasteiger charge is -2.28. The molecule has 1 heterocycles. The summed E-state index contributed by atoms with van der Waals surface area (Å²) in [4.78, 5) is 0. The second-order valence-corrected chi connectivity index (χ2v) is 2.01. The van der Waals surface area contributed by atoms with Crippen molar-refractivity contribution in [1.82, 2.24) is 10.3 Å². The van der Waals surface area contributed by atoms with Crippen LogP contribution in [0.2, 0.25) is 0 Å². The van der Waals surface area contributed by atoms with E-state index in [2.05, 4.69) is 5.32 Å². The smallest absolute Gasteiger partial charge is 0.0832 e. The molecule has 0 aliphatic carbocycles. The van der Waals surface area contributed by atoms with Crippen LogP contribution in [0.3, 0.4) is 0 Å². The molecule has 0 unspecified atom stereocenters. The van der Waals surface area contributed by atoms with Crippen molar-refractivity contribution in [2.45, 2.75) is 6.17 Å². The van der Waals surface area contributed by atoms with Gasteiger partial charge in [0, 0.05) is 19.6 Å². The van der Waals surface area contributed by atoms with Gasteiger partial charge in [0.25, 0.3) is 0 Å². The van der Waals surface area contributed by atoms with Crippen molar-refractivity contribution in [2.24, 2.45) is 11.6 Å². The van der Waals surface area contributed by atoms with Crippen molar-refractivity contribution < 1.29 is 0 Å². The first kappa shape index (κ1) is 5.97. The largest absolute Gasteiger partial charge is 0.314 e. The maximum Gasteiger partial charge on any atom is 0.0832 e. The van der Waals surface area contributed by atoms with Crippen molar-refractivity contribution in [1.29, 1.82) is 0 Å². The van der Waals surface area contributed by atoms with Gasteiger partial charge in [-0.15, -0.1) is 0 Å². The molecule has 0 radical (unpaired) electrons. The highest BCUT2D eigenvalue weighted by Crippen LogP contribution is 1.86. The van der Waals surface area contributed by atoms with E-state index in [0.717, 1.165) is 19.6 Å². The van der Waals surface area contributed by atoms with Gasteiger partial charge in [-0.1, -0.05) is 0 Å². The second kappa shape index (κ2) is 2.41. The topological polar surface area (TPSA) is 67.3 Å². The number of nitrogens with two attached hydrogens (primary N) is 2. The average Bonchev–Trinajstić information content (AvgIpc) is 1.77. The van der Waals surface area contributed by atoms with Crippen LogP contribution in [0.5, 0.6) is 0 Å². The Morgan fingerprint density at radius 1 is 1.62 bits per heavy atom. The Bertz CT molecular complexity index is 64.4. The Morgan fingerprint density at radius 2 is 2.38 bits per heavy atom. The van der Waals surface area contributed by atoms with Crippen molar-refractivity contribution >= 4 is 0 Å². The second-order valence-electron chi connectivity index (χ2n) is 2.01. The minimum Gasteiger partial charge on any atom is -0.314 e. The van der Waals surface area contributed by atoms with E-state index in [9.17, 15) is 0 Å². The Hall–Kier alpha value is -0.160. The first-order valence-electron chi connectivity index (χ1n) is 2.78. The maximum absolute atomic E-state index is 5.52. The Labute approximate surface area is 48.8 Å². The predicted molar refractivity (Wildman–Crippen MR) is 31.7 cm³/mol. The van der Waals surface area contributed by atoms with E-state index in [1.807, 2.05) is 0 Å². The standard InChI is InChI=1S/C4H12N4/c5-4-3-7-1-2-8(4)6/h4,7H,1-3,5-6H2/t4-/m1/s1. The van der Waals surface area contributed by atoms with Crippen molar-refractivity contribution in [3.8, 4) is 0 Å². The third kappa shape index (κ3) is 1.16. The minimum atomic E-state index is 0.00347. The summed E-state index contributed by atoms with van der Waals surface area (Å²) in [6, 6.07) is 0. The zero-order chi connectivity index (χ0) is 5.98. The van der Waals surface area contributed by atoms with Crippen LogP contribution in [-0.2, 0) is 0 Å². The van der Waals surface area contributed by atoms with Crippen molar-refractivity contribution in [2.75, 3.05) is 19.6 Å². The SMILES string of the molecule is N[C@H]1CNCCN1N. The molecular formula is C4H12N4. The fourth-order valence-corrected chi connectivity index (χ4v) is 0.741. The summed E-state index contributed by atoms with van der Waals surface area (Å²) < 4.78 is 0. The molecule has 1 fully saturated rings. The van der Waals surface area contributed by atoms with Gasteiger partial charge in [0.05, 0.1) is 6.17 Å². The van der Waals surface area contributed by atoms with E-state index in [-0.39, 0.29) is 6.17 Å². The number of nitrogens with zero attached hydrogens (tertiary/aromatic N) is 1. The van der Waals surface area contributed by atoms with Gasteiger partial charge in [-0.3, -0.25) is 5.84 Å². The van der Waals surface area contributed by atoms with Crippen LogP contribution in [0, 0.1) is 0 Å². The van der Waals surface area contributed by atoms with Gasteiger partial charge in [-0.25, -0.2) is 5.01 Å². The molecule has 48 valence electrons. The third-order valence-electron chi connectivity index (χ3n) is 1.33. The van der Waals surface area contributed by atoms with E-state index < -0.39 is 0 Å². The highest BCUT2D eigenvalue weighted by molar-refractivity contribution is 4.69. The predicted octanol–water partition coefficient (Wildman–Crippen LogP) is -1.95. The number of rotatable bonds is 0. The number of hydrazine groups is 1. The van der Waals surface area contributed by atoms with E-state index in [1.165, 1.54) is 0 Å². The van der Waals surface area contributed by atoms with Gasteiger partial charge in [0.2, 0.25) is 0 Å². The van der Waals surface area contributed by atoms with Gasteiger partial charge in [-0.2, -0.15) is 0 Å². The Kier molecular flexibility index (Phi) is 1.80. The lowest BCUT2D eigenvalue weighted by molar-refractivity contribution is 0.168. The van der Waals surface area contributed by atoms with Crippen LogP contribution in [0.25, 0.3) is 0 Å². The van der Waals surface area contributed by atoms with Gasteiger partial charge < -0.3 is 11.1 Å². The molecule has 0 saturated carbocycles. The normalized spacial score (nSPS) is 33.0. The van der Waals surface area contributed by atoms with E-state index >= 15 is 0 Å². The van der Waals surface area contributed by atoms with E-state index in [1.54, 1.807) is 5.01 Å². The molecule has 0 spiro atoms. The van der Waals surface area contributed by atoms with Gasteiger partial charge >= 0.3 is 0 Å². The molecule has 1 atom stereocenters. The van der Waals surface area contributed by atoms with Crippen LogP contribution in [0.1, 0.15) is 0 Å². The molecule has 0 aromatic heterocycles. The third-order valence-corrected chi connectivity index (χ3v) is 1.33. The summed E-state index contributed by atoms with van der Waals surface area (Å²) in [6.07, 6.45) is 0.00347. The highest BCUT2D eigenvalue weighted by Gasteiger charge is 2.12. The summed E-state index contributed by atoms with van der Waals surface area (Å²) in [5, 5.41) is 4.77. The number of nitrogens with one attached hydrogen (secondary N) is 1. The number of hydrogen-bond donors (Lipinski definition) is 3. The molecule has 5 N–H and O–H groups in total. The molecular weight excluding hydrogens is 104 g/mol. The van der Waals surface area contributed by atoms with Gasteiger partial charge in [0.15, 0.2) is 0 Å². The number of hydrogen-bond acceptors (Lipinski definition) is 4. The maximum atomic E-state index is 5.52. The Balaban J connectivity index is 2.28. The average molecular weight is 116 g/mol. The molecule has 1 rings (SSSR count). The first-order chi connectivity index (χ1) is 3.80. The van der Waals surface area contributed by atoms with E-state index in [4.69, 9.17) is 11.6 Å². The summed E-state index contributed by atoms with van der Waals surface area (Å²) in [5.41, 5.74) is 5.52. The molecule has 4 heteroatoms. The van der Waals surface area contributed by atoms with Gasteiger partial charge in [-0.05, 0) is 0 Å². The van der Waals surface area contributed by atoms with Crippen molar-refractivity contribution in [3.05, 3.63) is 0 Å². The highest BCUT2D eigenvalue weighted by atomic mass is 15.5. The summed E-state index contributed by atoms with van der Waals surface area (Å²) in [5.74, 6) is 5.45. The molecule has 1 saturated heterocycles. The quantitative estimate of drug-likeness (QED) is 0.322. The molecule has 8 heavy (non-hydrogen) atoms. The van der Waals surface area contributed by atoms with E-state index in [0.29, 0.717) is 0 Å². The monoisotopic (exact) mass is 116 g/mol. The van der Waals surface area contributed by atoms with Crippen LogP contribution in [0.15, 0.2) is 0 Å². The summed E-state index contributed by atoms with van der Waals surface area (Å²) in [6.45, 7) is 2.60. The molecule has 1 aliphatic heterocycles. The van der Waals surface area contributed by atoms with Crippen LogP contribution < -0.4 is 16.9 Å². The van der Waals surface area contributed by atoms with Crippen LogP contribution >= 0.6 is 0 Å². The first-order valence-corrected chi connectivity index (χ1v) is 2.78. The van der Waals surface area contributed by atoms with Crippen LogP contribution in [0.4, 0.5) is 0 Å².